The van der Waals surface area contributed by atoms with Crippen molar-refractivity contribution in [2.45, 2.75) is 19.4 Å². The van der Waals surface area contributed by atoms with Crippen molar-refractivity contribution in [3.05, 3.63) is 42.1 Å². The summed E-state index contributed by atoms with van der Waals surface area (Å²) in [6.07, 6.45) is 4.67. The number of nitrogens with zero attached hydrogens (tertiary/aromatic N) is 2. The molecule has 3 rings (SSSR count). The number of hydrogen-bond donors (Lipinski definition) is 2. The number of aromatic nitrogens is 2. The molecule has 0 unspecified atom stereocenters. The molecule has 1 aliphatic rings. The average molecular weight is 289 g/mol. The van der Waals surface area contributed by atoms with Crippen molar-refractivity contribution in [3.8, 4) is 0 Å². The van der Waals surface area contributed by atoms with Gasteiger partial charge in [0, 0.05) is 18.9 Å². The van der Waals surface area contributed by atoms with E-state index < -0.39 is 17.3 Å². The van der Waals surface area contributed by atoms with Crippen LogP contribution < -0.4 is 5.32 Å². The van der Waals surface area contributed by atoms with E-state index in [4.69, 9.17) is 9.52 Å². The summed E-state index contributed by atoms with van der Waals surface area (Å²) < 4.78 is 7.13. The van der Waals surface area contributed by atoms with Gasteiger partial charge in [-0.25, -0.2) is 0 Å². The van der Waals surface area contributed by atoms with E-state index in [1.165, 1.54) is 0 Å². The molecule has 2 heterocycles. The summed E-state index contributed by atoms with van der Waals surface area (Å²) in [5.41, 5.74) is -0.778. The number of amides is 1. The molecule has 1 amide bonds. The smallest absolute Gasteiger partial charge is 0.311 e. The Bertz CT molecular complexity index is 656. The number of carbonyl (C=O) groups excluding carboxylic acids is 1. The highest BCUT2D eigenvalue weighted by molar-refractivity contribution is 5.92. The quantitative estimate of drug-likeness (QED) is 0.830. The SMILES string of the molecule is O=C(NCC1(C(=O)O)CC1)c1ccc(Cn2cccn2)o1. The fraction of sp³-hybridized carbons (Fsp3) is 0.357. The lowest BCUT2D eigenvalue weighted by Gasteiger charge is -2.09. The van der Waals surface area contributed by atoms with Crippen molar-refractivity contribution < 1.29 is 19.1 Å². The maximum atomic E-state index is 11.9. The minimum Gasteiger partial charge on any atom is -0.481 e. The third-order valence-electron chi connectivity index (χ3n) is 3.66. The molecule has 1 aliphatic carbocycles. The van der Waals surface area contributed by atoms with Crippen LogP contribution in [0, 0.1) is 5.41 Å². The predicted molar refractivity (Wildman–Crippen MR) is 71.7 cm³/mol. The first-order valence-electron chi connectivity index (χ1n) is 6.67. The molecule has 1 saturated carbocycles. The van der Waals surface area contributed by atoms with E-state index in [0.29, 0.717) is 25.1 Å². The molecule has 2 N–H and O–H groups in total. The standard InChI is InChI=1S/C14H15N3O4/c18-12(15-9-14(4-5-14)13(19)20)11-3-2-10(21-11)8-17-7-1-6-16-17/h1-3,6-7H,4-5,8-9H2,(H,15,18)(H,19,20). The Kier molecular flexibility index (Phi) is 3.25. The molecular weight excluding hydrogens is 274 g/mol. The van der Waals surface area contributed by atoms with E-state index in [-0.39, 0.29) is 12.3 Å². The molecule has 0 aromatic carbocycles. The van der Waals surface area contributed by atoms with E-state index in [1.54, 1.807) is 35.3 Å². The van der Waals surface area contributed by atoms with Gasteiger partial charge in [-0.05, 0) is 31.0 Å². The number of carboxylic acid groups (broad SMARTS) is 1. The molecule has 0 spiro atoms. The zero-order valence-electron chi connectivity index (χ0n) is 11.3. The van der Waals surface area contributed by atoms with Gasteiger partial charge >= 0.3 is 5.97 Å². The Labute approximate surface area is 120 Å². The monoisotopic (exact) mass is 289 g/mol. The zero-order chi connectivity index (χ0) is 14.9. The third kappa shape index (κ3) is 2.81. The van der Waals surface area contributed by atoms with Crippen molar-refractivity contribution in [2.24, 2.45) is 5.41 Å². The van der Waals surface area contributed by atoms with Crippen LogP contribution in [0.5, 0.6) is 0 Å². The summed E-state index contributed by atoms with van der Waals surface area (Å²) in [6, 6.07) is 5.09. The van der Waals surface area contributed by atoms with Gasteiger partial charge in [0.25, 0.3) is 5.91 Å². The van der Waals surface area contributed by atoms with Gasteiger partial charge < -0.3 is 14.8 Å². The molecular formula is C14H15N3O4. The van der Waals surface area contributed by atoms with E-state index >= 15 is 0 Å². The molecule has 21 heavy (non-hydrogen) atoms. The Morgan fingerprint density at radius 1 is 1.43 bits per heavy atom. The third-order valence-corrected chi connectivity index (χ3v) is 3.66. The average Bonchev–Trinajstić information content (AvgIpc) is 2.87. The maximum absolute atomic E-state index is 11.9. The van der Waals surface area contributed by atoms with Gasteiger partial charge in [0.05, 0.1) is 12.0 Å². The normalized spacial score (nSPS) is 15.6. The zero-order valence-corrected chi connectivity index (χ0v) is 11.3. The molecule has 2 aromatic heterocycles. The van der Waals surface area contributed by atoms with Crippen molar-refractivity contribution >= 4 is 11.9 Å². The van der Waals surface area contributed by atoms with Crippen LogP contribution in [-0.2, 0) is 11.3 Å². The summed E-state index contributed by atoms with van der Waals surface area (Å²) >= 11 is 0. The highest BCUT2D eigenvalue weighted by Gasteiger charge is 2.50. The van der Waals surface area contributed by atoms with Gasteiger partial charge in [0.2, 0.25) is 0 Å². The lowest BCUT2D eigenvalue weighted by atomic mass is 10.1. The van der Waals surface area contributed by atoms with Gasteiger partial charge in [0.1, 0.15) is 5.76 Å². The predicted octanol–water partition coefficient (Wildman–Crippen LogP) is 1.12. The van der Waals surface area contributed by atoms with Crippen LogP contribution in [0.25, 0.3) is 0 Å². The summed E-state index contributed by atoms with van der Waals surface area (Å²) in [5, 5.41) is 15.7. The fourth-order valence-corrected chi connectivity index (χ4v) is 2.09. The Balaban J connectivity index is 1.58. The second-order valence-corrected chi connectivity index (χ2v) is 5.24. The molecule has 2 aromatic rings. The largest absolute Gasteiger partial charge is 0.481 e. The van der Waals surface area contributed by atoms with Crippen LogP contribution in [0.1, 0.15) is 29.2 Å². The highest BCUT2D eigenvalue weighted by Crippen LogP contribution is 2.45. The Morgan fingerprint density at radius 3 is 2.86 bits per heavy atom. The molecule has 1 fully saturated rings. The molecule has 0 atom stereocenters. The van der Waals surface area contributed by atoms with Crippen LogP contribution >= 0.6 is 0 Å². The van der Waals surface area contributed by atoms with Gasteiger partial charge in [-0.2, -0.15) is 5.10 Å². The van der Waals surface area contributed by atoms with Gasteiger partial charge in [0.15, 0.2) is 5.76 Å². The van der Waals surface area contributed by atoms with Gasteiger partial charge in [-0.3, -0.25) is 14.3 Å². The molecule has 0 bridgehead atoms. The molecule has 110 valence electrons. The second-order valence-electron chi connectivity index (χ2n) is 5.24. The number of hydrogen-bond acceptors (Lipinski definition) is 4. The van der Waals surface area contributed by atoms with Crippen molar-refractivity contribution in [1.82, 2.24) is 15.1 Å². The van der Waals surface area contributed by atoms with E-state index in [2.05, 4.69) is 10.4 Å². The molecule has 7 nitrogen and oxygen atoms in total. The van der Waals surface area contributed by atoms with E-state index in [0.717, 1.165) is 0 Å². The number of carboxylic acids is 1. The summed E-state index contributed by atoms with van der Waals surface area (Å²) in [7, 11) is 0. The Morgan fingerprint density at radius 2 is 2.24 bits per heavy atom. The topological polar surface area (TPSA) is 97.4 Å². The lowest BCUT2D eigenvalue weighted by Crippen LogP contribution is -2.34. The van der Waals surface area contributed by atoms with Gasteiger partial charge in [-0.15, -0.1) is 0 Å². The number of nitrogens with one attached hydrogen (secondary N) is 1. The Hall–Kier alpha value is -2.57. The number of carbonyl (C=O) groups is 2. The number of furan rings is 1. The minimum atomic E-state index is -0.860. The maximum Gasteiger partial charge on any atom is 0.311 e. The fourth-order valence-electron chi connectivity index (χ4n) is 2.09. The molecule has 0 aliphatic heterocycles. The van der Waals surface area contributed by atoms with Crippen LogP contribution in [0.4, 0.5) is 0 Å². The summed E-state index contributed by atoms with van der Waals surface area (Å²) in [4.78, 5) is 23.0. The van der Waals surface area contributed by atoms with Crippen LogP contribution in [-0.4, -0.2) is 33.3 Å². The number of aliphatic carboxylic acids is 1. The van der Waals surface area contributed by atoms with Crippen LogP contribution in [0.15, 0.2) is 35.0 Å². The van der Waals surface area contributed by atoms with Crippen molar-refractivity contribution in [2.75, 3.05) is 6.54 Å². The van der Waals surface area contributed by atoms with Gasteiger partial charge in [-0.1, -0.05) is 0 Å². The molecule has 0 saturated heterocycles. The first-order chi connectivity index (χ1) is 10.1. The van der Waals surface area contributed by atoms with Crippen LogP contribution in [0.2, 0.25) is 0 Å². The summed E-state index contributed by atoms with van der Waals surface area (Å²) in [6.45, 7) is 0.579. The van der Waals surface area contributed by atoms with Crippen molar-refractivity contribution in [1.29, 1.82) is 0 Å². The minimum absolute atomic E-state index is 0.135. The summed E-state index contributed by atoms with van der Waals surface area (Å²) in [5.74, 6) is -0.461. The first kappa shape index (κ1) is 13.4. The van der Waals surface area contributed by atoms with Crippen molar-refractivity contribution in [3.63, 3.8) is 0 Å². The van der Waals surface area contributed by atoms with E-state index in [9.17, 15) is 9.59 Å². The van der Waals surface area contributed by atoms with E-state index in [1.807, 2.05) is 0 Å². The number of rotatable bonds is 6. The lowest BCUT2D eigenvalue weighted by molar-refractivity contribution is -0.143. The van der Waals surface area contributed by atoms with Crippen LogP contribution in [0.3, 0.4) is 0 Å². The molecule has 7 heteroatoms. The highest BCUT2D eigenvalue weighted by atomic mass is 16.4. The molecule has 0 radical (unpaired) electrons. The second kappa shape index (κ2) is 5.08. The first-order valence-corrected chi connectivity index (χ1v) is 6.67.